The summed E-state index contributed by atoms with van der Waals surface area (Å²) in [7, 11) is 0. The maximum atomic E-state index is 12.5. The molecule has 0 aliphatic heterocycles. The van der Waals surface area contributed by atoms with Gasteiger partial charge in [-0.2, -0.15) is 0 Å². The van der Waals surface area contributed by atoms with Gasteiger partial charge in [0.25, 0.3) is 5.91 Å². The van der Waals surface area contributed by atoms with Crippen molar-refractivity contribution in [3.8, 4) is 17.4 Å². The van der Waals surface area contributed by atoms with E-state index in [1.807, 2.05) is 50.2 Å². The molecule has 0 atom stereocenters. The fraction of sp³-hybridized carbons (Fsp3) is 0.286. The van der Waals surface area contributed by atoms with Gasteiger partial charge in [0, 0.05) is 18.3 Å². The summed E-state index contributed by atoms with van der Waals surface area (Å²) in [5.74, 6) is 1.55. The number of nitrogens with zero attached hydrogens (tertiary/aromatic N) is 2. The predicted octanol–water partition coefficient (Wildman–Crippen LogP) is 4.67. The molecule has 6 nitrogen and oxygen atoms in total. The Kier molecular flexibility index (Phi) is 6.60. The molecule has 1 N–H and O–H groups in total. The van der Waals surface area contributed by atoms with Crippen molar-refractivity contribution < 1.29 is 14.3 Å². The van der Waals surface area contributed by atoms with Gasteiger partial charge in [-0.05, 0) is 38.5 Å². The first-order valence-electron chi connectivity index (χ1n) is 9.14. The Labute approximate surface area is 168 Å². The summed E-state index contributed by atoms with van der Waals surface area (Å²) in [5, 5.41) is 3.80. The summed E-state index contributed by atoms with van der Waals surface area (Å²) >= 11 is 1.39. The van der Waals surface area contributed by atoms with Crippen molar-refractivity contribution in [1.82, 2.24) is 15.3 Å². The Morgan fingerprint density at radius 1 is 1.14 bits per heavy atom. The number of carbonyl (C=O) groups is 1. The number of hydrogen-bond donors (Lipinski definition) is 1. The molecule has 1 amide bonds. The number of carbonyl (C=O) groups excluding carboxylic acids is 1. The van der Waals surface area contributed by atoms with Crippen LogP contribution in [0.4, 0.5) is 0 Å². The lowest BCUT2D eigenvalue weighted by Crippen LogP contribution is -2.23. The van der Waals surface area contributed by atoms with Crippen LogP contribution in [0.15, 0.2) is 42.6 Å². The van der Waals surface area contributed by atoms with Gasteiger partial charge in [-0.3, -0.25) is 4.79 Å². The van der Waals surface area contributed by atoms with E-state index in [9.17, 15) is 4.79 Å². The van der Waals surface area contributed by atoms with Gasteiger partial charge in [0.15, 0.2) is 11.5 Å². The van der Waals surface area contributed by atoms with E-state index in [4.69, 9.17) is 9.47 Å². The zero-order valence-corrected chi connectivity index (χ0v) is 17.0. The topological polar surface area (TPSA) is 73.3 Å². The first-order valence-corrected chi connectivity index (χ1v) is 9.96. The average molecular weight is 398 g/mol. The predicted molar refractivity (Wildman–Crippen MR) is 109 cm³/mol. The molecule has 3 rings (SSSR count). The third-order valence-electron chi connectivity index (χ3n) is 3.92. The maximum Gasteiger partial charge on any atom is 0.263 e. The van der Waals surface area contributed by atoms with Crippen molar-refractivity contribution in [3.63, 3.8) is 0 Å². The molecule has 2 aromatic heterocycles. The van der Waals surface area contributed by atoms with Crippen molar-refractivity contribution in [3.05, 3.63) is 63.7 Å². The number of rotatable bonds is 8. The molecule has 0 aliphatic carbocycles. The molecule has 28 heavy (non-hydrogen) atoms. The number of benzene rings is 1. The van der Waals surface area contributed by atoms with Gasteiger partial charge in [-0.1, -0.05) is 25.1 Å². The summed E-state index contributed by atoms with van der Waals surface area (Å²) in [6.07, 6.45) is 2.57. The summed E-state index contributed by atoms with van der Waals surface area (Å²) < 4.78 is 11.7. The maximum absolute atomic E-state index is 12.5. The number of amides is 1. The molecule has 0 radical (unpaired) electrons. The largest absolute Gasteiger partial charge is 0.490 e. The lowest BCUT2D eigenvalue weighted by atomic mass is 10.2. The van der Waals surface area contributed by atoms with Gasteiger partial charge in [-0.15, -0.1) is 11.3 Å². The highest BCUT2D eigenvalue weighted by Crippen LogP contribution is 2.32. The normalized spacial score (nSPS) is 10.5. The van der Waals surface area contributed by atoms with Gasteiger partial charge in [0.1, 0.15) is 4.88 Å². The summed E-state index contributed by atoms with van der Waals surface area (Å²) in [6.45, 7) is 6.69. The number of pyridine rings is 1. The number of thiazole rings is 1. The van der Waals surface area contributed by atoms with E-state index in [-0.39, 0.29) is 5.91 Å². The molecule has 1 aromatic carbocycles. The molecule has 0 aliphatic rings. The van der Waals surface area contributed by atoms with Crippen LogP contribution in [0.3, 0.4) is 0 Å². The number of ether oxygens (including phenoxy) is 2. The van der Waals surface area contributed by atoms with Gasteiger partial charge in [0.05, 0.1) is 17.3 Å². The first kappa shape index (κ1) is 19.8. The number of aryl methyl sites for hydroxylation is 2. The molecule has 0 spiro atoms. The minimum atomic E-state index is -0.149. The van der Waals surface area contributed by atoms with Crippen molar-refractivity contribution in [2.75, 3.05) is 6.61 Å². The van der Waals surface area contributed by atoms with Crippen molar-refractivity contribution in [2.24, 2.45) is 0 Å². The van der Waals surface area contributed by atoms with Crippen LogP contribution >= 0.6 is 11.3 Å². The van der Waals surface area contributed by atoms with Crippen molar-refractivity contribution in [1.29, 1.82) is 0 Å². The average Bonchev–Trinajstić information content (AvgIpc) is 3.04. The van der Waals surface area contributed by atoms with Crippen molar-refractivity contribution >= 4 is 17.2 Å². The summed E-state index contributed by atoms with van der Waals surface area (Å²) in [4.78, 5) is 21.7. The molecule has 0 saturated heterocycles. The Bertz CT molecular complexity index is 956. The van der Waals surface area contributed by atoms with Gasteiger partial charge in [-0.25, -0.2) is 9.97 Å². The van der Waals surface area contributed by atoms with Crippen LogP contribution in [0.1, 0.15) is 39.3 Å². The Hall–Kier alpha value is -2.93. The third kappa shape index (κ3) is 4.86. The lowest BCUT2D eigenvalue weighted by molar-refractivity contribution is 0.0954. The van der Waals surface area contributed by atoms with Gasteiger partial charge < -0.3 is 14.8 Å². The van der Waals surface area contributed by atoms with Crippen LogP contribution in [0.25, 0.3) is 0 Å². The molecule has 0 saturated carbocycles. The molecule has 0 fully saturated rings. The number of hydrogen-bond acceptors (Lipinski definition) is 6. The minimum Gasteiger partial charge on any atom is -0.490 e. The molecule has 2 heterocycles. The Morgan fingerprint density at radius 2 is 1.93 bits per heavy atom. The standard InChI is InChI=1S/C21H23N3O3S/c1-4-12-26-17-9-5-6-10-18(17)27-21-16(8-7-11-22-21)13-23-20(25)19-14(2)24-15(3)28-19/h5-11H,4,12-13H2,1-3H3,(H,23,25). The van der Waals surface area contributed by atoms with Crippen LogP contribution in [-0.4, -0.2) is 22.5 Å². The van der Waals surface area contributed by atoms with E-state index in [1.54, 1.807) is 6.20 Å². The molecule has 0 bridgehead atoms. The number of nitrogens with one attached hydrogen (secondary N) is 1. The van der Waals surface area contributed by atoms with Crippen molar-refractivity contribution in [2.45, 2.75) is 33.7 Å². The highest BCUT2D eigenvalue weighted by atomic mass is 32.1. The molecule has 7 heteroatoms. The van der Waals surface area contributed by atoms with E-state index >= 15 is 0 Å². The smallest absolute Gasteiger partial charge is 0.263 e. The SMILES string of the molecule is CCCOc1ccccc1Oc1ncccc1CNC(=O)c1sc(C)nc1C. The van der Waals surface area contributed by atoms with Crippen LogP contribution in [0.5, 0.6) is 17.4 Å². The first-order chi connectivity index (χ1) is 13.6. The second-order valence-corrected chi connectivity index (χ2v) is 7.40. The van der Waals surface area contributed by atoms with E-state index in [2.05, 4.69) is 22.2 Å². The highest BCUT2D eigenvalue weighted by Gasteiger charge is 2.15. The van der Waals surface area contributed by atoms with Crippen LogP contribution in [-0.2, 0) is 6.54 Å². The number of para-hydroxylation sites is 2. The molecule has 3 aromatic rings. The zero-order chi connectivity index (χ0) is 19.9. The second kappa shape index (κ2) is 9.32. The fourth-order valence-corrected chi connectivity index (χ4v) is 3.45. The molecular weight excluding hydrogens is 374 g/mol. The summed E-state index contributed by atoms with van der Waals surface area (Å²) in [5.41, 5.74) is 1.52. The molecular formula is C21H23N3O3S. The van der Waals surface area contributed by atoms with E-state index in [0.717, 1.165) is 22.7 Å². The second-order valence-electron chi connectivity index (χ2n) is 6.20. The minimum absolute atomic E-state index is 0.149. The quantitative estimate of drug-likeness (QED) is 0.598. The summed E-state index contributed by atoms with van der Waals surface area (Å²) in [6, 6.07) is 11.2. The third-order valence-corrected chi connectivity index (χ3v) is 4.99. The van der Waals surface area contributed by atoms with E-state index < -0.39 is 0 Å². The Morgan fingerprint density at radius 3 is 2.64 bits per heavy atom. The van der Waals surface area contributed by atoms with Crippen LogP contribution in [0.2, 0.25) is 0 Å². The van der Waals surface area contributed by atoms with Gasteiger partial charge >= 0.3 is 0 Å². The monoisotopic (exact) mass is 397 g/mol. The number of aromatic nitrogens is 2. The van der Waals surface area contributed by atoms with Gasteiger partial charge in [0.2, 0.25) is 5.88 Å². The zero-order valence-electron chi connectivity index (χ0n) is 16.2. The van der Waals surface area contributed by atoms with Crippen LogP contribution < -0.4 is 14.8 Å². The Balaban J connectivity index is 1.73. The lowest BCUT2D eigenvalue weighted by Gasteiger charge is -2.14. The highest BCUT2D eigenvalue weighted by molar-refractivity contribution is 7.13. The van der Waals surface area contributed by atoms with E-state index in [1.165, 1.54) is 11.3 Å². The molecule has 0 unspecified atom stereocenters. The van der Waals surface area contributed by atoms with Crippen LogP contribution in [0, 0.1) is 13.8 Å². The molecule has 146 valence electrons. The van der Waals surface area contributed by atoms with E-state index in [0.29, 0.717) is 35.4 Å². The fourth-order valence-electron chi connectivity index (χ4n) is 2.62.